The molecule has 1 N–H and O–H groups in total. The van der Waals surface area contributed by atoms with E-state index in [0.29, 0.717) is 13.0 Å². The summed E-state index contributed by atoms with van der Waals surface area (Å²) < 4.78 is 85.5. The molecule has 9 heteroatoms. The molecule has 2 unspecified atom stereocenters. The Labute approximate surface area is 151 Å². The fourth-order valence-corrected chi connectivity index (χ4v) is 3.53. The van der Waals surface area contributed by atoms with Crippen LogP contribution in [0.3, 0.4) is 0 Å². The maximum atomic E-state index is 13.4. The van der Waals surface area contributed by atoms with Gasteiger partial charge in [-0.3, -0.25) is 0 Å². The lowest BCUT2D eigenvalue weighted by molar-refractivity contribution is -0.142. The van der Waals surface area contributed by atoms with Gasteiger partial charge in [0.25, 0.3) is 0 Å². The number of nitrogens with zero attached hydrogens (tertiary/aromatic N) is 1. The first-order chi connectivity index (χ1) is 12.6. The summed E-state index contributed by atoms with van der Waals surface area (Å²) in [4.78, 5) is 3.31. The van der Waals surface area contributed by atoms with E-state index in [1.807, 2.05) is 0 Å². The van der Waals surface area contributed by atoms with Crippen LogP contribution >= 0.6 is 0 Å². The monoisotopic (exact) mass is 392 g/mol. The fourth-order valence-electron chi connectivity index (χ4n) is 3.53. The predicted octanol–water partition coefficient (Wildman–Crippen LogP) is 5.10. The summed E-state index contributed by atoms with van der Waals surface area (Å²) in [5.74, 6) is 0. The molecule has 0 amide bonds. The summed E-state index contributed by atoms with van der Waals surface area (Å²) in [7, 11) is 1.34. The van der Waals surface area contributed by atoms with Gasteiger partial charge in [-0.25, -0.2) is 4.98 Å². The average Bonchev–Trinajstić information content (AvgIpc) is 2.61. The molecule has 1 fully saturated rings. The van der Waals surface area contributed by atoms with Crippen molar-refractivity contribution in [3.63, 3.8) is 0 Å². The maximum absolute atomic E-state index is 13.4. The third kappa shape index (κ3) is 4.03. The lowest BCUT2D eigenvalue weighted by Crippen LogP contribution is -2.39. The Morgan fingerprint density at radius 3 is 2.41 bits per heavy atom. The third-order valence-electron chi connectivity index (χ3n) is 4.74. The first-order valence-corrected chi connectivity index (χ1v) is 8.47. The van der Waals surface area contributed by atoms with E-state index in [1.165, 1.54) is 19.2 Å². The zero-order valence-corrected chi connectivity index (χ0v) is 14.4. The van der Waals surface area contributed by atoms with Crippen LogP contribution < -0.4 is 5.32 Å². The van der Waals surface area contributed by atoms with Crippen molar-refractivity contribution in [1.29, 1.82) is 0 Å². The van der Waals surface area contributed by atoms with E-state index in [9.17, 15) is 26.3 Å². The highest BCUT2D eigenvalue weighted by Gasteiger charge is 2.39. The highest BCUT2D eigenvalue weighted by atomic mass is 19.4. The molecule has 1 saturated heterocycles. The molecule has 2 aromatic rings. The molecule has 27 heavy (non-hydrogen) atoms. The van der Waals surface area contributed by atoms with Crippen LogP contribution in [0.15, 0.2) is 24.3 Å². The topological polar surface area (TPSA) is 34.1 Å². The molecule has 1 aromatic carbocycles. The molecule has 2 atom stereocenters. The van der Waals surface area contributed by atoms with Crippen LogP contribution in [0, 0.1) is 0 Å². The Hall–Kier alpha value is -1.87. The number of rotatable bonds is 3. The number of hydrogen-bond donors (Lipinski definition) is 1. The Bertz CT molecular complexity index is 812. The lowest BCUT2D eigenvalue weighted by atomic mass is 9.91. The third-order valence-corrected chi connectivity index (χ3v) is 4.74. The minimum Gasteiger partial charge on any atom is -0.375 e. The maximum Gasteiger partial charge on any atom is 0.433 e. The summed E-state index contributed by atoms with van der Waals surface area (Å²) in [6.45, 7) is 0.674. The number of nitrogens with one attached hydrogen (secondary N) is 1. The number of hydrogen-bond acceptors (Lipinski definition) is 3. The zero-order chi connectivity index (χ0) is 19.8. The Kier molecular flexibility index (Phi) is 5.36. The second-order valence-corrected chi connectivity index (χ2v) is 6.51. The smallest absolute Gasteiger partial charge is 0.375 e. The zero-order valence-electron chi connectivity index (χ0n) is 14.4. The van der Waals surface area contributed by atoms with Gasteiger partial charge in [-0.1, -0.05) is 18.6 Å². The molecular formula is C18H18F6N2O. The van der Waals surface area contributed by atoms with Crippen molar-refractivity contribution < 1.29 is 31.1 Å². The molecule has 0 aliphatic carbocycles. The van der Waals surface area contributed by atoms with Gasteiger partial charge in [0.2, 0.25) is 0 Å². The number of halogens is 6. The lowest BCUT2D eigenvalue weighted by Gasteiger charge is -2.31. The minimum atomic E-state index is -4.88. The number of piperidine rings is 1. The molecule has 0 spiro atoms. The molecule has 148 valence electrons. The van der Waals surface area contributed by atoms with Crippen molar-refractivity contribution in [2.75, 3.05) is 13.7 Å². The quantitative estimate of drug-likeness (QED) is 0.738. The van der Waals surface area contributed by atoms with Gasteiger partial charge >= 0.3 is 12.4 Å². The number of ether oxygens (including phenoxy) is 1. The number of benzene rings is 1. The van der Waals surface area contributed by atoms with Crippen LogP contribution in [0.1, 0.15) is 42.2 Å². The van der Waals surface area contributed by atoms with Gasteiger partial charge in [-0.15, -0.1) is 0 Å². The van der Waals surface area contributed by atoms with Gasteiger partial charge in [0.05, 0.1) is 17.2 Å². The molecule has 0 saturated carbocycles. The normalized spacial score (nSPS) is 20.0. The molecule has 0 radical (unpaired) electrons. The number of methoxy groups -OCH3 is 1. The standard InChI is InChI=1S/C18H18F6N2O/c1-27-16(13-7-2-3-8-25-13)11-9-14(18(22,23)24)26-15-10(11)5-4-6-12(15)17(19,20)21/h4-6,9,13,16,25H,2-3,7-8H2,1H3. The number of pyridine rings is 1. The van der Waals surface area contributed by atoms with Crippen LogP contribution in [-0.4, -0.2) is 24.7 Å². The summed E-state index contributed by atoms with van der Waals surface area (Å²) in [5, 5.41) is 3.20. The van der Waals surface area contributed by atoms with Crippen molar-refractivity contribution in [3.8, 4) is 0 Å². The predicted molar refractivity (Wildman–Crippen MR) is 87.1 cm³/mol. The number of fused-ring (bicyclic) bond motifs is 1. The van der Waals surface area contributed by atoms with E-state index >= 15 is 0 Å². The molecule has 1 aliphatic heterocycles. The Morgan fingerprint density at radius 2 is 1.85 bits per heavy atom. The van der Waals surface area contributed by atoms with Crippen molar-refractivity contribution >= 4 is 10.9 Å². The van der Waals surface area contributed by atoms with Crippen LogP contribution in [0.5, 0.6) is 0 Å². The average molecular weight is 392 g/mol. The summed E-state index contributed by atoms with van der Waals surface area (Å²) in [6.07, 6.45) is -8.07. The molecule has 2 heterocycles. The Balaban J connectivity index is 2.26. The summed E-state index contributed by atoms with van der Waals surface area (Å²) >= 11 is 0. The van der Waals surface area contributed by atoms with E-state index in [2.05, 4.69) is 10.3 Å². The van der Waals surface area contributed by atoms with E-state index < -0.39 is 35.2 Å². The van der Waals surface area contributed by atoms with Crippen LogP contribution in [-0.2, 0) is 17.1 Å². The Morgan fingerprint density at radius 1 is 1.11 bits per heavy atom. The number of para-hydroxylation sites is 1. The molecule has 1 aromatic heterocycles. The first kappa shape index (κ1) is 19.9. The highest BCUT2D eigenvalue weighted by Crippen LogP contribution is 2.40. The van der Waals surface area contributed by atoms with Gasteiger partial charge < -0.3 is 10.1 Å². The van der Waals surface area contributed by atoms with Crippen LogP contribution in [0.4, 0.5) is 26.3 Å². The SMILES string of the molecule is COC(c1cc(C(F)(F)F)nc2c(C(F)(F)F)cccc12)C1CCCCN1. The van der Waals surface area contributed by atoms with E-state index in [0.717, 1.165) is 25.0 Å². The summed E-state index contributed by atoms with van der Waals surface area (Å²) in [5.41, 5.74) is -3.22. The van der Waals surface area contributed by atoms with E-state index in [4.69, 9.17) is 4.74 Å². The highest BCUT2D eigenvalue weighted by molar-refractivity contribution is 5.86. The fraction of sp³-hybridized carbons (Fsp3) is 0.500. The number of alkyl halides is 6. The first-order valence-electron chi connectivity index (χ1n) is 8.47. The van der Waals surface area contributed by atoms with Crippen molar-refractivity contribution in [3.05, 3.63) is 41.1 Å². The second kappa shape index (κ2) is 7.27. The summed E-state index contributed by atoms with van der Waals surface area (Å²) in [6, 6.07) is 3.77. The molecular weight excluding hydrogens is 374 g/mol. The van der Waals surface area contributed by atoms with Crippen LogP contribution in [0.25, 0.3) is 10.9 Å². The second-order valence-electron chi connectivity index (χ2n) is 6.51. The molecule has 0 bridgehead atoms. The van der Waals surface area contributed by atoms with Gasteiger partial charge in [0.15, 0.2) is 0 Å². The molecule has 3 nitrogen and oxygen atoms in total. The van der Waals surface area contributed by atoms with Gasteiger partial charge in [-0.2, -0.15) is 26.3 Å². The van der Waals surface area contributed by atoms with E-state index in [-0.39, 0.29) is 17.0 Å². The molecule has 1 aliphatic rings. The molecule has 3 rings (SSSR count). The van der Waals surface area contributed by atoms with Crippen molar-refractivity contribution in [2.24, 2.45) is 0 Å². The van der Waals surface area contributed by atoms with Gasteiger partial charge in [0, 0.05) is 18.5 Å². The van der Waals surface area contributed by atoms with Gasteiger partial charge in [-0.05, 0) is 37.1 Å². The van der Waals surface area contributed by atoms with Gasteiger partial charge in [0.1, 0.15) is 5.69 Å². The van der Waals surface area contributed by atoms with Crippen LogP contribution in [0.2, 0.25) is 0 Å². The largest absolute Gasteiger partial charge is 0.433 e. The number of aromatic nitrogens is 1. The van der Waals surface area contributed by atoms with E-state index in [1.54, 1.807) is 0 Å². The minimum absolute atomic E-state index is 0.0112. The van der Waals surface area contributed by atoms with Crippen molar-refractivity contribution in [2.45, 2.75) is 43.8 Å². The van der Waals surface area contributed by atoms with Crippen molar-refractivity contribution in [1.82, 2.24) is 10.3 Å².